The van der Waals surface area contributed by atoms with Gasteiger partial charge in [-0.1, -0.05) is 0 Å². The van der Waals surface area contributed by atoms with Crippen molar-refractivity contribution in [2.24, 2.45) is 0 Å². The first-order valence-electron chi connectivity index (χ1n) is 9.81. The molecule has 1 N–H and O–H groups in total. The molecule has 0 spiro atoms. The Morgan fingerprint density at radius 3 is 2.75 bits per heavy atom. The number of aromatic nitrogens is 2. The summed E-state index contributed by atoms with van der Waals surface area (Å²) in [4.78, 5) is 21.5. The number of nitrogens with zero attached hydrogens (tertiary/aromatic N) is 4. The maximum atomic E-state index is 12.8. The highest BCUT2D eigenvalue weighted by Gasteiger charge is 2.27. The number of aryl methyl sites for hydroxylation is 1. The SMILES string of the molecule is COc1cc(C(=O)N2CCC(c3nccn3CCCN(C)C)CC2)ccc1O. The lowest BCUT2D eigenvalue weighted by atomic mass is 9.95. The molecular formula is C21H30N4O3. The molecule has 1 saturated heterocycles. The molecule has 7 nitrogen and oxygen atoms in total. The van der Waals surface area contributed by atoms with Crippen molar-refractivity contribution in [1.82, 2.24) is 19.4 Å². The highest BCUT2D eigenvalue weighted by Crippen LogP contribution is 2.30. The van der Waals surface area contributed by atoms with Gasteiger partial charge in [0, 0.05) is 43.5 Å². The number of carbonyl (C=O) groups excluding carboxylic acids is 1. The summed E-state index contributed by atoms with van der Waals surface area (Å²) >= 11 is 0. The van der Waals surface area contributed by atoms with Crippen molar-refractivity contribution < 1.29 is 14.6 Å². The van der Waals surface area contributed by atoms with Crippen molar-refractivity contribution >= 4 is 5.91 Å². The molecular weight excluding hydrogens is 356 g/mol. The number of hydrogen-bond acceptors (Lipinski definition) is 5. The van der Waals surface area contributed by atoms with Gasteiger partial charge in [-0.2, -0.15) is 0 Å². The topological polar surface area (TPSA) is 70.8 Å². The van der Waals surface area contributed by atoms with Gasteiger partial charge in [0.2, 0.25) is 0 Å². The van der Waals surface area contributed by atoms with Crippen LogP contribution >= 0.6 is 0 Å². The number of likely N-dealkylation sites (tertiary alicyclic amines) is 1. The number of phenols is 1. The number of imidazole rings is 1. The molecule has 0 radical (unpaired) electrons. The summed E-state index contributed by atoms with van der Waals surface area (Å²) in [6, 6.07) is 4.74. The van der Waals surface area contributed by atoms with Crippen LogP contribution in [0.25, 0.3) is 0 Å². The fraction of sp³-hybridized carbons (Fsp3) is 0.524. The van der Waals surface area contributed by atoms with Gasteiger partial charge < -0.3 is 24.2 Å². The fourth-order valence-corrected chi connectivity index (χ4v) is 3.76. The van der Waals surface area contributed by atoms with E-state index in [-0.39, 0.29) is 11.7 Å². The monoisotopic (exact) mass is 386 g/mol. The maximum Gasteiger partial charge on any atom is 0.253 e. The third-order valence-corrected chi connectivity index (χ3v) is 5.33. The summed E-state index contributed by atoms with van der Waals surface area (Å²) in [5, 5.41) is 9.72. The Morgan fingerprint density at radius 1 is 1.32 bits per heavy atom. The predicted octanol–water partition coefficient (Wildman–Crippen LogP) is 2.57. The smallest absolute Gasteiger partial charge is 0.253 e. The van der Waals surface area contributed by atoms with Gasteiger partial charge in [-0.25, -0.2) is 4.98 Å². The van der Waals surface area contributed by atoms with Gasteiger partial charge in [0.15, 0.2) is 11.5 Å². The zero-order valence-corrected chi connectivity index (χ0v) is 17.0. The zero-order chi connectivity index (χ0) is 20.1. The van der Waals surface area contributed by atoms with E-state index in [1.54, 1.807) is 12.1 Å². The van der Waals surface area contributed by atoms with E-state index in [4.69, 9.17) is 4.74 Å². The summed E-state index contributed by atoms with van der Waals surface area (Å²) < 4.78 is 7.37. The number of phenolic OH excluding ortho intramolecular Hbond substituents is 1. The Labute approximate surface area is 166 Å². The largest absolute Gasteiger partial charge is 0.504 e. The molecule has 2 aromatic rings. The van der Waals surface area contributed by atoms with Crippen LogP contribution in [0, 0.1) is 0 Å². The number of ether oxygens (including phenoxy) is 1. The predicted molar refractivity (Wildman–Crippen MR) is 108 cm³/mol. The first kappa shape index (κ1) is 20.2. The second kappa shape index (κ2) is 9.10. The van der Waals surface area contributed by atoms with E-state index in [1.165, 1.54) is 13.2 Å². The molecule has 0 atom stereocenters. The number of amides is 1. The second-order valence-corrected chi connectivity index (χ2v) is 7.59. The van der Waals surface area contributed by atoms with Crippen molar-refractivity contribution in [1.29, 1.82) is 0 Å². The van der Waals surface area contributed by atoms with Crippen LogP contribution in [-0.2, 0) is 6.54 Å². The Morgan fingerprint density at radius 2 is 2.07 bits per heavy atom. The number of piperidine rings is 1. The number of carbonyl (C=O) groups is 1. The number of hydrogen-bond donors (Lipinski definition) is 1. The molecule has 1 fully saturated rings. The van der Waals surface area contributed by atoms with E-state index in [0.717, 1.165) is 38.2 Å². The van der Waals surface area contributed by atoms with Crippen LogP contribution in [-0.4, -0.2) is 71.2 Å². The fourth-order valence-electron chi connectivity index (χ4n) is 3.76. The molecule has 1 aliphatic heterocycles. The normalized spacial score (nSPS) is 15.2. The van der Waals surface area contributed by atoms with Gasteiger partial charge in [0.25, 0.3) is 5.91 Å². The molecule has 2 heterocycles. The van der Waals surface area contributed by atoms with Gasteiger partial charge in [0.05, 0.1) is 7.11 Å². The van der Waals surface area contributed by atoms with E-state index < -0.39 is 0 Å². The molecule has 1 aromatic heterocycles. The molecule has 3 rings (SSSR count). The van der Waals surface area contributed by atoms with Crippen LogP contribution in [0.4, 0.5) is 0 Å². The van der Waals surface area contributed by atoms with Crippen molar-refractivity contribution in [3.63, 3.8) is 0 Å². The summed E-state index contributed by atoms with van der Waals surface area (Å²) in [6.45, 7) is 3.44. The van der Waals surface area contributed by atoms with Crippen LogP contribution < -0.4 is 4.74 Å². The summed E-state index contributed by atoms with van der Waals surface area (Å²) in [5.41, 5.74) is 0.540. The second-order valence-electron chi connectivity index (χ2n) is 7.59. The maximum absolute atomic E-state index is 12.8. The van der Waals surface area contributed by atoms with Crippen molar-refractivity contribution in [3.8, 4) is 11.5 Å². The van der Waals surface area contributed by atoms with Crippen LogP contribution in [0.5, 0.6) is 11.5 Å². The van der Waals surface area contributed by atoms with Gasteiger partial charge in [-0.3, -0.25) is 4.79 Å². The Bertz CT molecular complexity index is 795. The van der Waals surface area contributed by atoms with Crippen LogP contribution in [0.3, 0.4) is 0 Å². The van der Waals surface area contributed by atoms with Crippen molar-refractivity contribution in [3.05, 3.63) is 42.0 Å². The average molecular weight is 386 g/mol. The van der Waals surface area contributed by atoms with Crippen molar-refractivity contribution in [2.75, 3.05) is 40.8 Å². The highest BCUT2D eigenvalue weighted by atomic mass is 16.5. The molecule has 1 aliphatic rings. The Kier molecular flexibility index (Phi) is 6.57. The average Bonchev–Trinajstić information content (AvgIpc) is 3.16. The van der Waals surface area contributed by atoms with Gasteiger partial charge in [-0.05, 0) is 58.1 Å². The number of benzene rings is 1. The lowest BCUT2D eigenvalue weighted by Gasteiger charge is -2.32. The van der Waals surface area contributed by atoms with E-state index in [0.29, 0.717) is 30.3 Å². The van der Waals surface area contributed by atoms with E-state index in [2.05, 4.69) is 34.7 Å². The summed E-state index contributed by atoms with van der Waals surface area (Å²) in [7, 11) is 5.66. The van der Waals surface area contributed by atoms with Crippen LogP contribution in [0.2, 0.25) is 0 Å². The molecule has 152 valence electrons. The molecule has 0 aliphatic carbocycles. The number of rotatable bonds is 7. The first-order chi connectivity index (χ1) is 13.5. The molecule has 1 amide bonds. The third-order valence-electron chi connectivity index (χ3n) is 5.33. The molecule has 28 heavy (non-hydrogen) atoms. The van der Waals surface area contributed by atoms with Crippen LogP contribution in [0.1, 0.15) is 41.4 Å². The highest BCUT2D eigenvalue weighted by molar-refractivity contribution is 5.95. The quantitative estimate of drug-likeness (QED) is 0.792. The Hall–Kier alpha value is -2.54. The lowest BCUT2D eigenvalue weighted by Crippen LogP contribution is -2.38. The van der Waals surface area contributed by atoms with E-state index in [9.17, 15) is 9.90 Å². The summed E-state index contributed by atoms with van der Waals surface area (Å²) in [5.74, 6) is 1.86. The minimum atomic E-state index is -0.0222. The number of aromatic hydroxyl groups is 1. The minimum Gasteiger partial charge on any atom is -0.504 e. The third kappa shape index (κ3) is 4.65. The molecule has 0 saturated carbocycles. The lowest BCUT2D eigenvalue weighted by molar-refractivity contribution is 0.0710. The first-order valence-corrected chi connectivity index (χ1v) is 9.81. The number of methoxy groups -OCH3 is 1. The summed E-state index contributed by atoms with van der Waals surface area (Å²) in [6.07, 6.45) is 6.85. The van der Waals surface area contributed by atoms with E-state index in [1.807, 2.05) is 11.1 Å². The molecule has 0 bridgehead atoms. The van der Waals surface area contributed by atoms with Crippen LogP contribution in [0.15, 0.2) is 30.6 Å². The molecule has 7 heteroatoms. The standard InChI is InChI=1S/C21H30N4O3/c1-23(2)10-4-11-24-14-9-22-20(24)16-7-12-25(13-8-16)21(27)17-5-6-18(26)19(15-17)28-3/h5-6,9,14-16,26H,4,7-8,10-13H2,1-3H3. The minimum absolute atomic E-state index is 0.0222. The van der Waals surface area contributed by atoms with Gasteiger partial charge in [0.1, 0.15) is 5.82 Å². The Balaban J connectivity index is 1.59. The zero-order valence-electron chi connectivity index (χ0n) is 17.0. The van der Waals surface area contributed by atoms with Gasteiger partial charge >= 0.3 is 0 Å². The van der Waals surface area contributed by atoms with Crippen molar-refractivity contribution in [2.45, 2.75) is 31.7 Å². The van der Waals surface area contributed by atoms with E-state index >= 15 is 0 Å². The molecule has 0 unspecified atom stereocenters. The van der Waals surface area contributed by atoms with Gasteiger partial charge in [-0.15, -0.1) is 0 Å². The molecule has 1 aromatic carbocycles.